The fourth-order valence-corrected chi connectivity index (χ4v) is 1.88. The Balaban J connectivity index is 1.93. The van der Waals surface area contributed by atoms with Gasteiger partial charge in [0.25, 0.3) is 0 Å². The van der Waals surface area contributed by atoms with E-state index in [2.05, 4.69) is 20.5 Å². The highest BCUT2D eigenvalue weighted by molar-refractivity contribution is 5.91. The lowest BCUT2D eigenvalue weighted by Gasteiger charge is -2.30. The molecular weight excluding hydrogens is 224 g/mol. The molecule has 1 aromatic heterocycles. The van der Waals surface area contributed by atoms with Gasteiger partial charge in [-0.25, -0.2) is 9.89 Å². The number of piperidine rings is 1. The van der Waals surface area contributed by atoms with Crippen LogP contribution >= 0.6 is 0 Å². The van der Waals surface area contributed by atoms with Crippen molar-refractivity contribution in [1.29, 1.82) is 0 Å². The summed E-state index contributed by atoms with van der Waals surface area (Å²) in [6.07, 6.45) is 2.83. The van der Waals surface area contributed by atoms with Gasteiger partial charge in [0.15, 0.2) is 0 Å². The van der Waals surface area contributed by atoms with Crippen molar-refractivity contribution in [3.05, 3.63) is 6.33 Å². The summed E-state index contributed by atoms with van der Waals surface area (Å²) in [5.41, 5.74) is 5.19. The van der Waals surface area contributed by atoms with Crippen LogP contribution < -0.4 is 11.1 Å². The Morgan fingerprint density at radius 1 is 1.59 bits per heavy atom. The summed E-state index contributed by atoms with van der Waals surface area (Å²) in [6, 6.07) is -0.484. The number of carbonyl (C=O) groups is 2. The van der Waals surface area contributed by atoms with Crippen LogP contribution in [0.25, 0.3) is 0 Å². The van der Waals surface area contributed by atoms with Crippen LogP contribution in [0.5, 0.6) is 0 Å². The van der Waals surface area contributed by atoms with Gasteiger partial charge in [0, 0.05) is 13.1 Å². The lowest BCUT2D eigenvalue weighted by atomic mass is 9.97. The number of hydrogen-bond acceptors (Lipinski definition) is 4. The van der Waals surface area contributed by atoms with E-state index < -0.39 is 6.03 Å². The number of rotatable bonds is 2. The van der Waals surface area contributed by atoms with Crippen molar-refractivity contribution in [2.45, 2.75) is 12.8 Å². The second-order valence-electron chi connectivity index (χ2n) is 3.95. The van der Waals surface area contributed by atoms with Crippen LogP contribution in [0, 0.1) is 5.92 Å². The molecule has 0 aliphatic carbocycles. The lowest BCUT2D eigenvalue weighted by Crippen LogP contribution is -2.46. The number of hydrogen-bond donors (Lipinski definition) is 3. The fraction of sp³-hybridized carbons (Fsp3) is 0.556. The Kier molecular flexibility index (Phi) is 3.22. The summed E-state index contributed by atoms with van der Waals surface area (Å²) in [6.45, 7) is 0.969. The molecule has 1 atom stereocenters. The number of primary amides is 1. The molecule has 1 saturated heterocycles. The third-order valence-electron chi connectivity index (χ3n) is 2.76. The number of nitrogens with one attached hydrogen (secondary N) is 2. The first kappa shape index (κ1) is 11.4. The second-order valence-corrected chi connectivity index (χ2v) is 3.95. The Labute approximate surface area is 97.6 Å². The summed E-state index contributed by atoms with van der Waals surface area (Å²) < 4.78 is 0. The molecule has 1 unspecified atom stereocenters. The molecule has 2 rings (SSSR count). The van der Waals surface area contributed by atoms with E-state index in [1.807, 2.05) is 0 Å². The molecule has 3 amide bonds. The number of anilines is 1. The van der Waals surface area contributed by atoms with Crippen molar-refractivity contribution >= 4 is 17.9 Å². The zero-order valence-corrected chi connectivity index (χ0v) is 9.22. The quantitative estimate of drug-likeness (QED) is 0.645. The Morgan fingerprint density at radius 2 is 2.41 bits per heavy atom. The number of aromatic amines is 1. The standard InChI is InChI=1S/C9H14N6O2/c10-8(17)15-3-1-2-6(4-15)7(16)13-9-11-5-12-14-9/h5-6H,1-4H2,(H2,10,17)(H2,11,12,13,14,16). The number of urea groups is 1. The first-order valence-corrected chi connectivity index (χ1v) is 5.37. The average Bonchev–Trinajstić information content (AvgIpc) is 2.82. The minimum Gasteiger partial charge on any atom is -0.351 e. The zero-order chi connectivity index (χ0) is 12.3. The molecule has 1 aliphatic rings. The highest BCUT2D eigenvalue weighted by Gasteiger charge is 2.27. The van der Waals surface area contributed by atoms with E-state index in [4.69, 9.17) is 5.73 Å². The molecule has 0 saturated carbocycles. The summed E-state index contributed by atoms with van der Waals surface area (Å²) in [5.74, 6) is -0.111. The van der Waals surface area contributed by atoms with Gasteiger partial charge in [-0.2, -0.15) is 10.1 Å². The number of nitrogens with zero attached hydrogens (tertiary/aromatic N) is 3. The number of H-pyrrole nitrogens is 1. The fourth-order valence-electron chi connectivity index (χ4n) is 1.88. The molecule has 4 N–H and O–H groups in total. The van der Waals surface area contributed by atoms with Crippen LogP contribution in [-0.4, -0.2) is 45.1 Å². The van der Waals surface area contributed by atoms with E-state index in [-0.39, 0.29) is 11.8 Å². The summed E-state index contributed by atoms with van der Waals surface area (Å²) in [5, 5.41) is 8.78. The van der Waals surface area contributed by atoms with Gasteiger partial charge in [-0.05, 0) is 12.8 Å². The predicted octanol–water partition coefficient (Wildman–Crippen LogP) is -0.466. The van der Waals surface area contributed by atoms with Crippen molar-refractivity contribution in [2.24, 2.45) is 11.7 Å². The molecule has 8 heteroatoms. The van der Waals surface area contributed by atoms with Gasteiger partial charge >= 0.3 is 6.03 Å². The maximum absolute atomic E-state index is 11.9. The molecule has 1 aliphatic heterocycles. The Bertz CT molecular complexity index is 404. The van der Waals surface area contributed by atoms with Gasteiger partial charge in [0.05, 0.1) is 5.92 Å². The monoisotopic (exact) mass is 238 g/mol. The number of nitrogens with two attached hydrogens (primary N) is 1. The lowest BCUT2D eigenvalue weighted by molar-refractivity contribution is -0.121. The van der Waals surface area contributed by atoms with Gasteiger partial charge in [-0.3, -0.25) is 10.1 Å². The molecule has 0 aromatic carbocycles. The second kappa shape index (κ2) is 4.81. The number of aromatic nitrogens is 3. The SMILES string of the molecule is NC(=O)N1CCCC(C(=O)Nc2ncn[nH]2)C1. The molecule has 1 aromatic rings. The topological polar surface area (TPSA) is 117 Å². The van der Waals surface area contributed by atoms with E-state index in [1.54, 1.807) is 0 Å². The normalized spacial score (nSPS) is 20.0. The third-order valence-corrected chi connectivity index (χ3v) is 2.76. The molecule has 0 spiro atoms. The van der Waals surface area contributed by atoms with Crippen molar-refractivity contribution in [3.63, 3.8) is 0 Å². The van der Waals surface area contributed by atoms with Crippen LogP contribution in [0.1, 0.15) is 12.8 Å². The molecule has 0 radical (unpaired) electrons. The smallest absolute Gasteiger partial charge is 0.314 e. The first-order chi connectivity index (χ1) is 8.16. The van der Waals surface area contributed by atoms with Gasteiger partial charge < -0.3 is 10.6 Å². The summed E-state index contributed by atoms with van der Waals surface area (Å²) in [4.78, 5) is 28.2. The summed E-state index contributed by atoms with van der Waals surface area (Å²) >= 11 is 0. The number of likely N-dealkylation sites (tertiary alicyclic amines) is 1. The predicted molar refractivity (Wildman–Crippen MR) is 58.9 cm³/mol. The van der Waals surface area contributed by atoms with E-state index >= 15 is 0 Å². The van der Waals surface area contributed by atoms with Crippen LogP contribution in [-0.2, 0) is 4.79 Å². The Hall–Kier alpha value is -2.12. The van der Waals surface area contributed by atoms with Gasteiger partial charge in [-0.15, -0.1) is 0 Å². The summed E-state index contributed by atoms with van der Waals surface area (Å²) in [7, 11) is 0. The molecule has 17 heavy (non-hydrogen) atoms. The minimum atomic E-state index is -0.484. The van der Waals surface area contributed by atoms with Crippen LogP contribution in [0.3, 0.4) is 0 Å². The molecule has 2 heterocycles. The maximum atomic E-state index is 11.9. The third kappa shape index (κ3) is 2.71. The molecule has 8 nitrogen and oxygen atoms in total. The van der Waals surface area contributed by atoms with E-state index in [1.165, 1.54) is 11.2 Å². The first-order valence-electron chi connectivity index (χ1n) is 5.37. The number of carbonyl (C=O) groups excluding carboxylic acids is 2. The zero-order valence-electron chi connectivity index (χ0n) is 9.22. The number of amides is 3. The van der Waals surface area contributed by atoms with Crippen LogP contribution in [0.2, 0.25) is 0 Å². The maximum Gasteiger partial charge on any atom is 0.314 e. The van der Waals surface area contributed by atoms with Crippen LogP contribution in [0.4, 0.5) is 10.7 Å². The minimum absolute atomic E-state index is 0.173. The molecule has 1 fully saturated rings. The molecule has 92 valence electrons. The largest absolute Gasteiger partial charge is 0.351 e. The van der Waals surface area contributed by atoms with E-state index in [0.29, 0.717) is 19.0 Å². The highest BCUT2D eigenvalue weighted by Crippen LogP contribution is 2.17. The molecular formula is C9H14N6O2. The van der Waals surface area contributed by atoms with Crippen molar-refractivity contribution < 1.29 is 9.59 Å². The molecule has 0 bridgehead atoms. The Morgan fingerprint density at radius 3 is 3.06 bits per heavy atom. The van der Waals surface area contributed by atoms with E-state index in [0.717, 1.165) is 12.8 Å². The average molecular weight is 238 g/mol. The van der Waals surface area contributed by atoms with Crippen molar-refractivity contribution in [2.75, 3.05) is 18.4 Å². The van der Waals surface area contributed by atoms with E-state index in [9.17, 15) is 9.59 Å². The van der Waals surface area contributed by atoms with Crippen LogP contribution in [0.15, 0.2) is 6.33 Å². The van der Waals surface area contributed by atoms with Gasteiger partial charge in [-0.1, -0.05) is 0 Å². The van der Waals surface area contributed by atoms with Gasteiger partial charge in [0.1, 0.15) is 6.33 Å². The highest BCUT2D eigenvalue weighted by atomic mass is 16.2. The van der Waals surface area contributed by atoms with Crippen molar-refractivity contribution in [3.8, 4) is 0 Å². The van der Waals surface area contributed by atoms with Gasteiger partial charge in [0.2, 0.25) is 11.9 Å². The van der Waals surface area contributed by atoms with Crippen molar-refractivity contribution in [1.82, 2.24) is 20.1 Å².